The van der Waals surface area contributed by atoms with Crippen molar-refractivity contribution in [3.8, 4) is 0 Å². The van der Waals surface area contributed by atoms with Gasteiger partial charge in [0.05, 0.1) is 15.2 Å². The second kappa shape index (κ2) is 9.46. The van der Waals surface area contributed by atoms with Gasteiger partial charge in [-0.2, -0.15) is 0 Å². The van der Waals surface area contributed by atoms with Gasteiger partial charge in [-0.25, -0.2) is 4.98 Å². The Balaban J connectivity index is 1.48. The van der Waals surface area contributed by atoms with Crippen LogP contribution in [0.25, 0.3) is 10.2 Å². The zero-order chi connectivity index (χ0) is 21.8. The minimum Gasteiger partial charge on any atom is -0.460 e. The van der Waals surface area contributed by atoms with E-state index in [0.29, 0.717) is 19.4 Å². The number of ether oxygens (including phenoxy) is 1. The van der Waals surface area contributed by atoms with Gasteiger partial charge < -0.3 is 10.1 Å². The van der Waals surface area contributed by atoms with Crippen molar-refractivity contribution in [1.82, 2.24) is 10.3 Å². The van der Waals surface area contributed by atoms with Crippen LogP contribution in [0.15, 0.2) is 18.2 Å². The van der Waals surface area contributed by atoms with E-state index >= 15 is 0 Å². The fourth-order valence-electron chi connectivity index (χ4n) is 4.30. The van der Waals surface area contributed by atoms with Gasteiger partial charge in [-0.1, -0.05) is 18.9 Å². The molecule has 164 valence electrons. The second-order valence-corrected chi connectivity index (χ2v) is 10.7. The largest absolute Gasteiger partial charge is 0.460 e. The molecule has 0 radical (unpaired) electrons. The van der Waals surface area contributed by atoms with Gasteiger partial charge >= 0.3 is 5.97 Å². The molecule has 0 atom stereocenters. The normalized spacial score (nSPS) is 16.0. The minimum atomic E-state index is -0.483. The fraction of sp³-hybridized carbons (Fsp3) is 0.625. The molecule has 0 saturated heterocycles. The molecule has 1 aliphatic rings. The van der Waals surface area contributed by atoms with Gasteiger partial charge in [-0.3, -0.25) is 9.59 Å². The molecule has 3 rings (SSSR count). The number of aromatic nitrogens is 1. The Labute approximate surface area is 183 Å². The van der Waals surface area contributed by atoms with E-state index in [9.17, 15) is 9.59 Å². The molecule has 1 aromatic heterocycles. The Kier molecular flexibility index (Phi) is 7.17. The molecule has 30 heavy (non-hydrogen) atoms. The lowest BCUT2D eigenvalue weighted by Gasteiger charge is -2.28. The van der Waals surface area contributed by atoms with Crippen LogP contribution in [0.4, 0.5) is 0 Å². The molecule has 1 amide bonds. The maximum atomic E-state index is 13.0. The van der Waals surface area contributed by atoms with E-state index in [1.165, 1.54) is 10.3 Å². The topological polar surface area (TPSA) is 68.3 Å². The summed E-state index contributed by atoms with van der Waals surface area (Å²) in [6.07, 6.45) is 6.54. The third-order valence-corrected chi connectivity index (χ3v) is 6.69. The Morgan fingerprint density at radius 2 is 1.97 bits per heavy atom. The summed E-state index contributed by atoms with van der Waals surface area (Å²) in [6.45, 7) is 8.30. The Bertz CT molecular complexity index is 891. The quantitative estimate of drug-likeness (QED) is 0.454. The monoisotopic (exact) mass is 430 g/mol. The number of amides is 1. The highest BCUT2D eigenvalue weighted by Gasteiger charge is 2.41. The SMILES string of the molecule is Cc1nc2ccc(CCCNC(=O)C3(CCC(=O)OC(C)(C)C)CCCC3)cc2s1. The summed E-state index contributed by atoms with van der Waals surface area (Å²) in [7, 11) is 0. The van der Waals surface area contributed by atoms with Crippen molar-refractivity contribution >= 4 is 33.4 Å². The van der Waals surface area contributed by atoms with E-state index in [4.69, 9.17) is 4.74 Å². The Hall–Kier alpha value is -1.95. The molecule has 1 N–H and O–H groups in total. The molecule has 1 saturated carbocycles. The van der Waals surface area contributed by atoms with Crippen LogP contribution in [-0.4, -0.2) is 29.0 Å². The highest BCUT2D eigenvalue weighted by molar-refractivity contribution is 7.18. The number of thiazole rings is 1. The van der Waals surface area contributed by atoms with Crippen molar-refractivity contribution in [2.45, 2.75) is 84.7 Å². The fourth-order valence-corrected chi connectivity index (χ4v) is 5.19. The number of hydrogen-bond acceptors (Lipinski definition) is 5. The van der Waals surface area contributed by atoms with E-state index in [2.05, 4.69) is 28.5 Å². The summed E-state index contributed by atoms with van der Waals surface area (Å²) in [5.41, 5.74) is 1.45. The molecule has 1 fully saturated rings. The zero-order valence-electron chi connectivity index (χ0n) is 18.7. The Morgan fingerprint density at radius 1 is 1.23 bits per heavy atom. The molecule has 1 aliphatic carbocycles. The summed E-state index contributed by atoms with van der Waals surface area (Å²) in [4.78, 5) is 29.6. The lowest BCUT2D eigenvalue weighted by Crippen LogP contribution is -2.40. The Morgan fingerprint density at radius 3 is 2.67 bits per heavy atom. The van der Waals surface area contributed by atoms with Crippen LogP contribution in [-0.2, 0) is 20.7 Å². The van der Waals surface area contributed by atoms with Crippen molar-refractivity contribution in [2.24, 2.45) is 5.41 Å². The van der Waals surface area contributed by atoms with Gasteiger partial charge in [0.1, 0.15) is 5.60 Å². The highest BCUT2D eigenvalue weighted by Crippen LogP contribution is 2.42. The van der Waals surface area contributed by atoms with Crippen LogP contribution >= 0.6 is 11.3 Å². The van der Waals surface area contributed by atoms with Crippen LogP contribution in [0.3, 0.4) is 0 Å². The standard InChI is InChI=1S/C24H34N2O3S/c1-17-26-19-10-9-18(16-20(19)30-17)8-7-15-25-22(28)24(12-5-6-13-24)14-11-21(27)29-23(2,3)4/h9-10,16H,5-8,11-15H2,1-4H3,(H,25,28). The second-order valence-electron chi connectivity index (χ2n) is 9.47. The van der Waals surface area contributed by atoms with Crippen molar-refractivity contribution in [2.75, 3.05) is 6.54 Å². The number of fused-ring (bicyclic) bond motifs is 1. The first-order valence-electron chi connectivity index (χ1n) is 11.0. The summed E-state index contributed by atoms with van der Waals surface area (Å²) in [5.74, 6) is -0.104. The minimum absolute atomic E-state index is 0.108. The van der Waals surface area contributed by atoms with E-state index in [0.717, 1.165) is 49.0 Å². The number of carbonyl (C=O) groups excluding carboxylic acids is 2. The molecular weight excluding hydrogens is 396 g/mol. The number of benzene rings is 1. The molecule has 0 aliphatic heterocycles. The first-order valence-corrected chi connectivity index (χ1v) is 11.8. The van der Waals surface area contributed by atoms with Gasteiger partial charge in [-0.15, -0.1) is 11.3 Å². The molecule has 6 heteroatoms. The molecular formula is C24H34N2O3S. The first kappa shape index (κ1) is 22.7. The number of rotatable bonds is 8. The average molecular weight is 431 g/mol. The maximum absolute atomic E-state index is 13.0. The highest BCUT2D eigenvalue weighted by atomic mass is 32.1. The lowest BCUT2D eigenvalue weighted by molar-refractivity contribution is -0.155. The molecule has 1 aromatic carbocycles. The number of esters is 1. The third-order valence-electron chi connectivity index (χ3n) is 5.76. The lowest BCUT2D eigenvalue weighted by atomic mass is 9.80. The van der Waals surface area contributed by atoms with Crippen molar-refractivity contribution < 1.29 is 14.3 Å². The van der Waals surface area contributed by atoms with E-state index in [1.807, 2.05) is 27.7 Å². The van der Waals surface area contributed by atoms with Crippen LogP contribution in [0.5, 0.6) is 0 Å². The summed E-state index contributed by atoms with van der Waals surface area (Å²) >= 11 is 1.72. The number of carbonyl (C=O) groups is 2. The van der Waals surface area contributed by atoms with Crippen molar-refractivity contribution in [3.63, 3.8) is 0 Å². The number of aryl methyl sites for hydroxylation is 2. The van der Waals surface area contributed by atoms with Crippen LogP contribution in [0, 0.1) is 12.3 Å². The molecule has 0 bridgehead atoms. The van der Waals surface area contributed by atoms with Crippen LogP contribution < -0.4 is 5.32 Å². The molecule has 1 heterocycles. The van der Waals surface area contributed by atoms with Gasteiger partial charge in [0, 0.05) is 18.4 Å². The third kappa shape index (κ3) is 6.03. The predicted octanol–water partition coefficient (Wildman–Crippen LogP) is 5.34. The number of nitrogens with zero attached hydrogens (tertiary/aromatic N) is 1. The summed E-state index contributed by atoms with van der Waals surface area (Å²) in [5, 5.41) is 4.23. The predicted molar refractivity (Wildman–Crippen MR) is 122 cm³/mol. The van der Waals surface area contributed by atoms with Gasteiger partial charge in [0.15, 0.2) is 0 Å². The maximum Gasteiger partial charge on any atom is 0.306 e. The number of nitrogens with one attached hydrogen (secondary N) is 1. The summed E-state index contributed by atoms with van der Waals surface area (Å²) < 4.78 is 6.65. The molecule has 2 aromatic rings. The van der Waals surface area contributed by atoms with Crippen molar-refractivity contribution in [3.05, 3.63) is 28.8 Å². The molecule has 0 spiro atoms. The van der Waals surface area contributed by atoms with E-state index in [1.54, 1.807) is 11.3 Å². The van der Waals surface area contributed by atoms with Crippen LogP contribution in [0.2, 0.25) is 0 Å². The van der Waals surface area contributed by atoms with E-state index in [-0.39, 0.29) is 11.9 Å². The van der Waals surface area contributed by atoms with Crippen molar-refractivity contribution in [1.29, 1.82) is 0 Å². The smallest absolute Gasteiger partial charge is 0.306 e. The van der Waals surface area contributed by atoms with Gasteiger partial charge in [-0.05, 0) is 77.5 Å². The molecule has 5 nitrogen and oxygen atoms in total. The molecule has 0 unspecified atom stereocenters. The number of hydrogen-bond donors (Lipinski definition) is 1. The zero-order valence-corrected chi connectivity index (χ0v) is 19.5. The van der Waals surface area contributed by atoms with E-state index < -0.39 is 11.0 Å². The average Bonchev–Trinajstić information content (AvgIpc) is 3.28. The van der Waals surface area contributed by atoms with Crippen LogP contribution in [0.1, 0.15) is 76.3 Å². The van der Waals surface area contributed by atoms with Gasteiger partial charge in [0.2, 0.25) is 5.91 Å². The van der Waals surface area contributed by atoms with Gasteiger partial charge in [0.25, 0.3) is 0 Å². The summed E-state index contributed by atoms with van der Waals surface area (Å²) in [6, 6.07) is 6.42. The first-order chi connectivity index (χ1) is 14.2.